The normalized spacial score (nSPS) is 15.8. The van der Waals surface area contributed by atoms with Crippen LogP contribution in [0.25, 0.3) is 0 Å². The first-order valence-electron chi connectivity index (χ1n) is 8.47. The largest absolute Gasteiger partial charge is 0.484 e. The van der Waals surface area contributed by atoms with Gasteiger partial charge in [-0.25, -0.2) is 13.1 Å². The molecule has 0 saturated carbocycles. The lowest BCUT2D eigenvalue weighted by molar-refractivity contribution is -0.134. The molecule has 0 atom stereocenters. The molecule has 8 heteroatoms. The van der Waals surface area contributed by atoms with Gasteiger partial charge < -0.3 is 9.64 Å². The molecule has 1 aliphatic heterocycles. The summed E-state index contributed by atoms with van der Waals surface area (Å²) in [7, 11) is -3.46. The van der Waals surface area contributed by atoms with Gasteiger partial charge in [-0.2, -0.15) is 0 Å². The van der Waals surface area contributed by atoms with Gasteiger partial charge >= 0.3 is 0 Å². The number of hydrogen-bond donors (Lipinski definition) is 1. The molecular weight excluding hydrogens is 372 g/mol. The van der Waals surface area contributed by atoms with Crippen molar-refractivity contribution < 1.29 is 17.9 Å². The van der Waals surface area contributed by atoms with E-state index in [0.29, 0.717) is 35.9 Å². The molecule has 2 aromatic rings. The molecule has 140 valence electrons. The minimum atomic E-state index is -3.46. The summed E-state index contributed by atoms with van der Waals surface area (Å²) in [5.41, 5.74) is 1.13. The van der Waals surface area contributed by atoms with Crippen molar-refractivity contribution in [2.24, 2.45) is 0 Å². The van der Waals surface area contributed by atoms with Gasteiger partial charge in [0.05, 0.1) is 0 Å². The average Bonchev–Trinajstić information content (AvgIpc) is 3.17. The first-order chi connectivity index (χ1) is 12.4. The SMILES string of the molecule is Cc1ccc(OCC(=O)N2CCC(NS(=O)(=O)c3cccs3)CC2)cc1. The maximum atomic E-state index is 12.3. The number of benzene rings is 1. The number of rotatable bonds is 6. The van der Waals surface area contributed by atoms with Gasteiger partial charge in [0.1, 0.15) is 9.96 Å². The highest BCUT2D eigenvalue weighted by atomic mass is 32.2. The number of piperidine rings is 1. The molecule has 1 aliphatic rings. The van der Waals surface area contributed by atoms with Crippen molar-refractivity contribution in [1.82, 2.24) is 9.62 Å². The molecule has 0 aliphatic carbocycles. The van der Waals surface area contributed by atoms with Crippen molar-refractivity contribution in [1.29, 1.82) is 0 Å². The summed E-state index contributed by atoms with van der Waals surface area (Å²) in [6.07, 6.45) is 1.20. The number of ether oxygens (including phenoxy) is 1. The van der Waals surface area contributed by atoms with Crippen molar-refractivity contribution in [3.8, 4) is 5.75 Å². The number of likely N-dealkylation sites (tertiary alicyclic amines) is 1. The van der Waals surface area contributed by atoms with Crippen LogP contribution in [-0.4, -0.2) is 45.0 Å². The number of nitrogens with one attached hydrogen (secondary N) is 1. The van der Waals surface area contributed by atoms with Gasteiger partial charge in [0.2, 0.25) is 10.0 Å². The second-order valence-electron chi connectivity index (χ2n) is 6.31. The molecule has 0 radical (unpaired) electrons. The van der Waals surface area contributed by atoms with Crippen molar-refractivity contribution in [3.63, 3.8) is 0 Å². The smallest absolute Gasteiger partial charge is 0.260 e. The van der Waals surface area contributed by atoms with Crippen LogP contribution in [0.3, 0.4) is 0 Å². The third-order valence-electron chi connectivity index (χ3n) is 4.31. The van der Waals surface area contributed by atoms with Gasteiger partial charge in [-0.15, -0.1) is 11.3 Å². The zero-order valence-corrected chi connectivity index (χ0v) is 16.2. The molecule has 0 unspecified atom stereocenters. The zero-order valence-electron chi connectivity index (χ0n) is 14.6. The van der Waals surface area contributed by atoms with Crippen LogP contribution in [-0.2, 0) is 14.8 Å². The second kappa shape index (κ2) is 8.20. The van der Waals surface area contributed by atoms with Crippen LogP contribution in [0.1, 0.15) is 18.4 Å². The van der Waals surface area contributed by atoms with E-state index in [1.807, 2.05) is 31.2 Å². The average molecular weight is 395 g/mol. The monoisotopic (exact) mass is 394 g/mol. The molecule has 2 heterocycles. The summed E-state index contributed by atoms with van der Waals surface area (Å²) in [6.45, 7) is 3.03. The number of hydrogen-bond acceptors (Lipinski definition) is 5. The van der Waals surface area contributed by atoms with Gasteiger partial charge in [0.15, 0.2) is 6.61 Å². The number of amides is 1. The molecule has 1 fully saturated rings. The molecule has 1 N–H and O–H groups in total. The predicted octanol–water partition coefficient (Wildman–Crippen LogP) is 2.40. The van der Waals surface area contributed by atoms with Crippen molar-refractivity contribution in [2.75, 3.05) is 19.7 Å². The molecule has 1 aromatic heterocycles. The molecule has 1 amide bonds. The Kier molecular flexibility index (Phi) is 5.95. The van der Waals surface area contributed by atoms with E-state index in [1.54, 1.807) is 22.4 Å². The standard InChI is InChI=1S/C18H22N2O4S2/c1-14-4-6-16(7-5-14)24-13-17(21)20-10-8-15(9-11-20)19-26(22,23)18-3-2-12-25-18/h2-7,12,15,19H,8-11,13H2,1H3. The number of nitrogens with zero attached hydrogens (tertiary/aromatic N) is 1. The van der Waals surface area contributed by atoms with E-state index in [0.717, 1.165) is 5.56 Å². The lowest BCUT2D eigenvalue weighted by Crippen LogP contribution is -2.47. The molecule has 0 bridgehead atoms. The lowest BCUT2D eigenvalue weighted by Gasteiger charge is -2.32. The van der Waals surface area contributed by atoms with Crippen LogP contribution in [0.5, 0.6) is 5.75 Å². The first-order valence-corrected chi connectivity index (χ1v) is 10.8. The van der Waals surface area contributed by atoms with Gasteiger partial charge in [-0.05, 0) is 43.3 Å². The Bertz CT molecular complexity index is 825. The Labute approximate surface area is 157 Å². The predicted molar refractivity (Wildman–Crippen MR) is 101 cm³/mol. The summed E-state index contributed by atoms with van der Waals surface area (Å²) < 4.78 is 33.1. The second-order valence-corrected chi connectivity index (χ2v) is 9.20. The van der Waals surface area contributed by atoms with E-state index in [4.69, 9.17) is 4.74 Å². The summed E-state index contributed by atoms with van der Waals surface area (Å²) in [4.78, 5) is 14.0. The summed E-state index contributed by atoms with van der Waals surface area (Å²) in [5.74, 6) is 0.590. The van der Waals surface area contributed by atoms with Gasteiger partial charge in [0.25, 0.3) is 5.91 Å². The lowest BCUT2D eigenvalue weighted by atomic mass is 10.1. The summed E-state index contributed by atoms with van der Waals surface area (Å²) in [6, 6.07) is 10.7. The van der Waals surface area contributed by atoms with Crippen LogP contribution in [0, 0.1) is 6.92 Å². The Morgan fingerprint density at radius 3 is 2.54 bits per heavy atom. The first kappa shape index (κ1) is 18.9. The Morgan fingerprint density at radius 1 is 1.23 bits per heavy atom. The van der Waals surface area contributed by atoms with Crippen LogP contribution < -0.4 is 9.46 Å². The van der Waals surface area contributed by atoms with E-state index in [9.17, 15) is 13.2 Å². The Hall–Kier alpha value is -1.90. The topological polar surface area (TPSA) is 75.7 Å². The van der Waals surface area contributed by atoms with E-state index in [1.165, 1.54) is 11.3 Å². The fourth-order valence-corrected chi connectivity index (χ4v) is 5.13. The van der Waals surface area contributed by atoms with Crippen molar-refractivity contribution in [2.45, 2.75) is 30.0 Å². The number of carbonyl (C=O) groups is 1. The maximum Gasteiger partial charge on any atom is 0.260 e. The van der Waals surface area contributed by atoms with E-state index in [-0.39, 0.29) is 18.6 Å². The number of sulfonamides is 1. The minimum absolute atomic E-state index is 0.00531. The highest BCUT2D eigenvalue weighted by Gasteiger charge is 2.27. The molecule has 1 aromatic carbocycles. The van der Waals surface area contributed by atoms with Gasteiger partial charge in [-0.3, -0.25) is 4.79 Å². The van der Waals surface area contributed by atoms with E-state index in [2.05, 4.69) is 4.72 Å². The molecule has 0 spiro atoms. The Morgan fingerprint density at radius 2 is 1.92 bits per heavy atom. The minimum Gasteiger partial charge on any atom is -0.484 e. The highest BCUT2D eigenvalue weighted by Crippen LogP contribution is 2.19. The number of aryl methyl sites for hydroxylation is 1. The fraction of sp³-hybridized carbons (Fsp3) is 0.389. The van der Waals surface area contributed by atoms with E-state index >= 15 is 0 Å². The highest BCUT2D eigenvalue weighted by molar-refractivity contribution is 7.91. The third kappa shape index (κ3) is 4.84. The van der Waals surface area contributed by atoms with Crippen LogP contribution >= 0.6 is 11.3 Å². The summed E-state index contributed by atoms with van der Waals surface area (Å²) in [5, 5.41) is 1.74. The van der Waals surface area contributed by atoms with Crippen molar-refractivity contribution in [3.05, 3.63) is 47.3 Å². The molecule has 1 saturated heterocycles. The van der Waals surface area contributed by atoms with Crippen LogP contribution in [0.4, 0.5) is 0 Å². The van der Waals surface area contributed by atoms with Gasteiger partial charge in [-0.1, -0.05) is 23.8 Å². The Balaban J connectivity index is 1.45. The molecule has 26 heavy (non-hydrogen) atoms. The third-order valence-corrected chi connectivity index (χ3v) is 7.23. The number of carbonyl (C=O) groups excluding carboxylic acids is 1. The zero-order chi connectivity index (χ0) is 18.6. The van der Waals surface area contributed by atoms with Crippen LogP contribution in [0.2, 0.25) is 0 Å². The summed E-state index contributed by atoms with van der Waals surface area (Å²) >= 11 is 1.20. The van der Waals surface area contributed by atoms with Gasteiger partial charge in [0, 0.05) is 19.1 Å². The van der Waals surface area contributed by atoms with Crippen LogP contribution in [0.15, 0.2) is 46.0 Å². The maximum absolute atomic E-state index is 12.3. The quantitative estimate of drug-likeness (QED) is 0.816. The number of thiophene rings is 1. The van der Waals surface area contributed by atoms with Crippen molar-refractivity contribution >= 4 is 27.3 Å². The fourth-order valence-electron chi connectivity index (χ4n) is 2.81. The molecular formula is C18H22N2O4S2. The molecule has 6 nitrogen and oxygen atoms in total. The molecule has 3 rings (SSSR count). The van der Waals surface area contributed by atoms with E-state index < -0.39 is 10.0 Å².